The Morgan fingerprint density at radius 3 is 2.63 bits per heavy atom. The van der Waals surface area contributed by atoms with Gasteiger partial charge in [0.1, 0.15) is 23.2 Å². The van der Waals surface area contributed by atoms with Crippen LogP contribution in [0.15, 0.2) is 42.2 Å². The average molecular weight is 364 g/mol. The van der Waals surface area contributed by atoms with Crippen molar-refractivity contribution < 1.29 is 9.50 Å². The van der Waals surface area contributed by atoms with Crippen LogP contribution in [-0.4, -0.2) is 38.9 Å². The van der Waals surface area contributed by atoms with Crippen molar-refractivity contribution in [1.29, 1.82) is 5.41 Å². The highest BCUT2D eigenvalue weighted by Gasteiger charge is 2.30. The van der Waals surface area contributed by atoms with Gasteiger partial charge in [0.2, 0.25) is 0 Å². The lowest BCUT2D eigenvalue weighted by atomic mass is 10.1. The summed E-state index contributed by atoms with van der Waals surface area (Å²) < 4.78 is 13.0. The molecule has 0 saturated carbocycles. The van der Waals surface area contributed by atoms with Crippen molar-refractivity contribution in [1.82, 2.24) is 14.9 Å². The highest BCUT2D eigenvalue weighted by Crippen LogP contribution is 2.28. The molecule has 3 aromatic rings. The Morgan fingerprint density at radius 1 is 1.19 bits per heavy atom. The predicted molar refractivity (Wildman–Crippen MR) is 105 cm³/mol. The second-order valence-corrected chi connectivity index (χ2v) is 7.01. The van der Waals surface area contributed by atoms with E-state index in [1.54, 1.807) is 17.0 Å². The number of H-pyrrole nitrogens is 1. The summed E-state index contributed by atoms with van der Waals surface area (Å²) in [4.78, 5) is 9.61. The molecule has 27 heavy (non-hydrogen) atoms. The zero-order valence-electron chi connectivity index (χ0n) is 15.3. The molecule has 4 rings (SSSR count). The largest absolute Gasteiger partial charge is 0.510 e. The third-order valence-corrected chi connectivity index (χ3v) is 5.10. The Labute approximate surface area is 156 Å². The number of aliphatic hydroxyl groups excluding tert-OH is 1. The number of imidazole rings is 1. The van der Waals surface area contributed by atoms with Gasteiger partial charge in [0, 0.05) is 6.54 Å². The zero-order chi connectivity index (χ0) is 19.1. The van der Waals surface area contributed by atoms with E-state index >= 15 is 0 Å². The quantitative estimate of drug-likeness (QED) is 0.652. The van der Waals surface area contributed by atoms with Gasteiger partial charge >= 0.3 is 0 Å². The number of hydrogen-bond acceptors (Lipinski definition) is 3. The van der Waals surface area contributed by atoms with E-state index in [1.807, 2.05) is 26.0 Å². The van der Waals surface area contributed by atoms with Crippen LogP contribution in [0.4, 0.5) is 4.39 Å². The lowest BCUT2D eigenvalue weighted by Gasteiger charge is -2.18. The van der Waals surface area contributed by atoms with E-state index in [4.69, 9.17) is 5.41 Å². The number of halogens is 1. The predicted octanol–water partition coefficient (Wildman–Crippen LogP) is 4.12. The van der Waals surface area contributed by atoms with Gasteiger partial charge in [0.25, 0.3) is 0 Å². The molecule has 3 N–H and O–H groups in total. The third kappa shape index (κ3) is 3.18. The van der Waals surface area contributed by atoms with E-state index in [0.29, 0.717) is 24.4 Å². The second kappa shape index (κ2) is 6.54. The molecule has 0 bridgehead atoms. The Hall–Kier alpha value is -3.15. The minimum absolute atomic E-state index is 0.145. The Bertz CT molecular complexity index is 1030. The van der Waals surface area contributed by atoms with E-state index in [-0.39, 0.29) is 24.0 Å². The lowest BCUT2D eigenvalue weighted by Crippen LogP contribution is -2.29. The highest BCUT2D eigenvalue weighted by molar-refractivity contribution is 6.23. The number of rotatable bonds is 4. The first-order valence-electron chi connectivity index (χ1n) is 8.90. The van der Waals surface area contributed by atoms with Crippen LogP contribution < -0.4 is 0 Å². The summed E-state index contributed by atoms with van der Waals surface area (Å²) in [5.74, 6) is 0.653. The maximum Gasteiger partial charge on any atom is 0.145 e. The molecule has 138 valence electrons. The van der Waals surface area contributed by atoms with Crippen molar-refractivity contribution in [2.24, 2.45) is 0 Å². The van der Waals surface area contributed by atoms with E-state index < -0.39 is 0 Å². The van der Waals surface area contributed by atoms with Crippen LogP contribution in [0.1, 0.15) is 22.5 Å². The van der Waals surface area contributed by atoms with Crippen LogP contribution in [-0.2, 0) is 6.42 Å². The van der Waals surface area contributed by atoms with Crippen molar-refractivity contribution in [3.8, 4) is 0 Å². The molecule has 2 heterocycles. The van der Waals surface area contributed by atoms with E-state index in [2.05, 4.69) is 9.97 Å². The van der Waals surface area contributed by atoms with E-state index in [0.717, 1.165) is 22.2 Å². The normalized spacial score (nSPS) is 14.6. The molecule has 0 aliphatic carbocycles. The minimum atomic E-state index is -0.260. The summed E-state index contributed by atoms with van der Waals surface area (Å²) in [5.41, 5.74) is 5.48. The summed E-state index contributed by atoms with van der Waals surface area (Å²) in [7, 11) is 0. The molecule has 0 spiro atoms. The molecule has 0 radical (unpaired) electrons. The Morgan fingerprint density at radius 2 is 1.89 bits per heavy atom. The molecule has 2 aromatic carbocycles. The summed E-state index contributed by atoms with van der Waals surface area (Å²) in [6.07, 6.45) is 0.668. The maximum atomic E-state index is 13.0. The van der Waals surface area contributed by atoms with Gasteiger partial charge in [0.15, 0.2) is 0 Å². The van der Waals surface area contributed by atoms with Crippen LogP contribution in [0.3, 0.4) is 0 Å². The van der Waals surface area contributed by atoms with Crippen LogP contribution in [0, 0.1) is 25.1 Å². The first-order valence-corrected chi connectivity index (χ1v) is 8.90. The van der Waals surface area contributed by atoms with Gasteiger partial charge in [-0.25, -0.2) is 9.37 Å². The highest BCUT2D eigenvalue weighted by atomic mass is 19.1. The molecule has 0 amide bonds. The average Bonchev–Trinajstić information content (AvgIpc) is 3.14. The van der Waals surface area contributed by atoms with Crippen molar-refractivity contribution >= 4 is 22.4 Å². The van der Waals surface area contributed by atoms with Crippen LogP contribution in [0.5, 0.6) is 0 Å². The second-order valence-electron chi connectivity index (χ2n) is 7.01. The third-order valence-electron chi connectivity index (χ3n) is 5.10. The van der Waals surface area contributed by atoms with Crippen molar-refractivity contribution in [2.75, 3.05) is 13.1 Å². The van der Waals surface area contributed by atoms with Crippen LogP contribution in [0.25, 0.3) is 16.6 Å². The smallest absolute Gasteiger partial charge is 0.145 e. The van der Waals surface area contributed by atoms with Gasteiger partial charge in [-0.05, 0) is 61.2 Å². The molecule has 0 saturated heterocycles. The SMILES string of the molecule is Cc1cc2nc(C3=C(O)CN(CCc4ccc(F)cc4)C3=N)[nH]c2cc1C. The van der Waals surface area contributed by atoms with Crippen molar-refractivity contribution in [3.05, 3.63) is 70.5 Å². The van der Waals surface area contributed by atoms with Gasteiger partial charge in [-0.2, -0.15) is 0 Å². The molecular weight excluding hydrogens is 343 g/mol. The number of aliphatic hydroxyl groups is 1. The number of nitrogens with one attached hydrogen (secondary N) is 2. The maximum absolute atomic E-state index is 13.0. The number of benzene rings is 2. The number of aromatic nitrogens is 2. The first kappa shape index (κ1) is 17.3. The summed E-state index contributed by atoms with van der Waals surface area (Å²) >= 11 is 0. The van der Waals surface area contributed by atoms with Gasteiger partial charge in [0.05, 0.1) is 23.2 Å². The molecule has 5 nitrogen and oxygen atoms in total. The standard InChI is InChI=1S/C21H21FN4O/c1-12-9-16-17(10-13(12)2)25-21(24-16)19-18(27)11-26(20(19)23)8-7-14-3-5-15(22)6-4-14/h3-6,9-10,23,27H,7-8,11H2,1-2H3,(H,24,25). The van der Waals surface area contributed by atoms with Crippen LogP contribution >= 0.6 is 0 Å². The first-order chi connectivity index (χ1) is 12.9. The van der Waals surface area contributed by atoms with Gasteiger partial charge in [-0.15, -0.1) is 0 Å². The molecule has 1 aliphatic heterocycles. The number of aryl methyl sites for hydroxylation is 2. The molecule has 1 aliphatic rings. The minimum Gasteiger partial charge on any atom is -0.510 e. The van der Waals surface area contributed by atoms with Gasteiger partial charge in [-0.3, -0.25) is 5.41 Å². The lowest BCUT2D eigenvalue weighted by molar-refractivity contribution is 0.351. The summed E-state index contributed by atoms with van der Waals surface area (Å²) in [6, 6.07) is 10.4. The molecule has 6 heteroatoms. The monoisotopic (exact) mass is 364 g/mol. The van der Waals surface area contributed by atoms with E-state index in [1.165, 1.54) is 17.7 Å². The Kier molecular flexibility index (Phi) is 4.18. The molecule has 0 unspecified atom stereocenters. The number of aromatic amines is 1. The van der Waals surface area contributed by atoms with E-state index in [9.17, 15) is 9.50 Å². The Balaban J connectivity index is 1.54. The molecular formula is C21H21FN4O. The van der Waals surface area contributed by atoms with Crippen molar-refractivity contribution in [2.45, 2.75) is 20.3 Å². The van der Waals surface area contributed by atoms with Crippen LogP contribution in [0.2, 0.25) is 0 Å². The molecule has 0 atom stereocenters. The van der Waals surface area contributed by atoms with Crippen molar-refractivity contribution in [3.63, 3.8) is 0 Å². The molecule has 0 fully saturated rings. The zero-order valence-corrected chi connectivity index (χ0v) is 15.3. The number of fused-ring (bicyclic) bond motifs is 1. The summed E-state index contributed by atoms with van der Waals surface area (Å²) in [6.45, 7) is 4.93. The van der Waals surface area contributed by atoms with Gasteiger partial charge < -0.3 is 15.0 Å². The fourth-order valence-electron chi connectivity index (χ4n) is 3.38. The number of nitrogens with zero attached hydrogens (tertiary/aromatic N) is 2. The fraction of sp³-hybridized carbons (Fsp3) is 0.238. The molecule has 1 aromatic heterocycles. The topological polar surface area (TPSA) is 76.0 Å². The number of hydrogen-bond donors (Lipinski definition) is 3. The fourth-order valence-corrected chi connectivity index (χ4v) is 3.38. The van der Waals surface area contributed by atoms with Gasteiger partial charge in [-0.1, -0.05) is 12.1 Å². The number of amidine groups is 1. The summed E-state index contributed by atoms with van der Waals surface area (Å²) in [5, 5.41) is 18.9.